The quantitative estimate of drug-likeness (QED) is 0.313. The predicted octanol–water partition coefficient (Wildman–Crippen LogP) is 5.90. The van der Waals surface area contributed by atoms with Gasteiger partial charge >= 0.3 is 5.97 Å². The van der Waals surface area contributed by atoms with Crippen molar-refractivity contribution in [1.82, 2.24) is 4.98 Å². The van der Waals surface area contributed by atoms with Crippen molar-refractivity contribution < 1.29 is 19.1 Å². The Morgan fingerprint density at radius 1 is 1.16 bits per heavy atom. The molecule has 3 aromatic rings. The van der Waals surface area contributed by atoms with Crippen LogP contribution in [0.1, 0.15) is 18.2 Å². The lowest BCUT2D eigenvalue weighted by Gasteiger charge is -2.20. The first-order valence-electron chi connectivity index (χ1n) is 9.07. The topological polar surface area (TPSA) is 68.7 Å². The maximum absolute atomic E-state index is 12.3. The van der Waals surface area contributed by atoms with E-state index in [2.05, 4.69) is 4.98 Å². The number of hydrogen-bond acceptors (Lipinski definition) is 6. The third-order valence-corrected chi connectivity index (χ3v) is 5.82. The highest BCUT2D eigenvalue weighted by atomic mass is 35.5. The Kier molecular flexibility index (Phi) is 7.68. The molecule has 0 atom stereocenters. The van der Waals surface area contributed by atoms with Crippen molar-refractivity contribution >= 4 is 63.3 Å². The fourth-order valence-electron chi connectivity index (χ4n) is 2.69. The van der Waals surface area contributed by atoms with Gasteiger partial charge in [-0.15, -0.1) is 11.3 Å². The Bertz CT molecular complexity index is 1130. The molecule has 0 bridgehead atoms. The third-order valence-electron chi connectivity index (χ3n) is 4.11. The number of amides is 1. The summed E-state index contributed by atoms with van der Waals surface area (Å²) in [5.74, 6) is -0.229. The van der Waals surface area contributed by atoms with Gasteiger partial charge in [0.1, 0.15) is 12.4 Å². The number of carbonyl (C=O) groups is 2. The van der Waals surface area contributed by atoms with Crippen molar-refractivity contribution in [2.24, 2.45) is 0 Å². The van der Waals surface area contributed by atoms with Crippen LogP contribution < -0.4 is 9.64 Å². The summed E-state index contributed by atoms with van der Waals surface area (Å²) in [5, 5.41) is 2.94. The Balaban J connectivity index is 1.69. The van der Waals surface area contributed by atoms with Crippen LogP contribution in [-0.2, 0) is 20.9 Å². The number of anilines is 2. The number of nitrogens with zero attached hydrogens (tertiary/aromatic N) is 2. The molecule has 160 valence electrons. The summed E-state index contributed by atoms with van der Waals surface area (Å²) in [7, 11) is 1.54. The summed E-state index contributed by atoms with van der Waals surface area (Å²) in [6.07, 6.45) is 2.80. The highest BCUT2D eigenvalue weighted by Gasteiger charge is 2.21. The van der Waals surface area contributed by atoms with E-state index in [-0.39, 0.29) is 12.5 Å². The van der Waals surface area contributed by atoms with Gasteiger partial charge in [0.2, 0.25) is 5.91 Å². The average Bonchev–Trinajstić information content (AvgIpc) is 3.22. The van der Waals surface area contributed by atoms with E-state index in [1.807, 2.05) is 12.1 Å². The molecular formula is C22H18Cl2N2O4S. The van der Waals surface area contributed by atoms with E-state index < -0.39 is 5.97 Å². The summed E-state index contributed by atoms with van der Waals surface area (Å²) >= 11 is 13.3. The highest BCUT2D eigenvalue weighted by Crippen LogP contribution is 2.35. The molecule has 0 unspecified atom stereocenters. The molecule has 0 N–H and O–H groups in total. The normalized spacial score (nSPS) is 10.8. The van der Waals surface area contributed by atoms with Crippen molar-refractivity contribution in [1.29, 1.82) is 0 Å². The van der Waals surface area contributed by atoms with Gasteiger partial charge in [0.05, 0.1) is 28.5 Å². The van der Waals surface area contributed by atoms with Crippen LogP contribution in [0, 0.1) is 0 Å². The number of halogens is 2. The summed E-state index contributed by atoms with van der Waals surface area (Å²) in [4.78, 5) is 30.2. The highest BCUT2D eigenvalue weighted by molar-refractivity contribution is 7.14. The second-order valence-electron chi connectivity index (χ2n) is 6.23. The number of benzene rings is 2. The van der Waals surface area contributed by atoms with E-state index in [1.165, 1.54) is 42.4 Å². The summed E-state index contributed by atoms with van der Waals surface area (Å²) < 4.78 is 10.6. The molecule has 1 heterocycles. The van der Waals surface area contributed by atoms with Crippen molar-refractivity contribution in [2.75, 3.05) is 12.0 Å². The fourth-order valence-corrected chi connectivity index (χ4v) is 3.92. The largest absolute Gasteiger partial charge is 0.495 e. The number of aromatic nitrogens is 1. The van der Waals surface area contributed by atoms with Crippen molar-refractivity contribution in [3.63, 3.8) is 0 Å². The number of esters is 1. The molecule has 0 fully saturated rings. The molecule has 1 aromatic heterocycles. The van der Waals surface area contributed by atoms with Crippen LogP contribution in [-0.4, -0.2) is 24.0 Å². The van der Waals surface area contributed by atoms with Gasteiger partial charge in [0.15, 0.2) is 5.13 Å². The minimum Gasteiger partial charge on any atom is -0.495 e. The number of carbonyl (C=O) groups excluding carboxylic acids is 2. The summed E-state index contributed by atoms with van der Waals surface area (Å²) in [5.41, 5.74) is 1.70. The van der Waals surface area contributed by atoms with Gasteiger partial charge < -0.3 is 9.47 Å². The first-order valence-corrected chi connectivity index (χ1v) is 10.7. The van der Waals surface area contributed by atoms with Gasteiger partial charge in [-0.25, -0.2) is 9.78 Å². The lowest BCUT2D eigenvalue weighted by Crippen LogP contribution is -2.23. The monoisotopic (exact) mass is 476 g/mol. The zero-order valence-corrected chi connectivity index (χ0v) is 19.0. The van der Waals surface area contributed by atoms with Gasteiger partial charge in [-0.1, -0.05) is 47.5 Å². The molecule has 0 saturated heterocycles. The van der Waals surface area contributed by atoms with E-state index in [0.717, 1.165) is 0 Å². The van der Waals surface area contributed by atoms with E-state index in [9.17, 15) is 9.59 Å². The predicted molar refractivity (Wildman–Crippen MR) is 123 cm³/mol. The Labute approximate surface area is 193 Å². The smallest absolute Gasteiger partial charge is 0.331 e. The third kappa shape index (κ3) is 5.64. The first-order chi connectivity index (χ1) is 14.9. The van der Waals surface area contributed by atoms with Gasteiger partial charge in [0.25, 0.3) is 0 Å². The van der Waals surface area contributed by atoms with Crippen LogP contribution in [0.5, 0.6) is 5.75 Å². The lowest BCUT2D eigenvalue weighted by atomic mass is 10.2. The molecule has 1 amide bonds. The van der Waals surface area contributed by atoms with Crippen LogP contribution in [0.3, 0.4) is 0 Å². The van der Waals surface area contributed by atoms with Crippen LogP contribution in [0.25, 0.3) is 6.08 Å². The van der Waals surface area contributed by atoms with Gasteiger partial charge in [-0.3, -0.25) is 9.69 Å². The molecule has 0 saturated carbocycles. The number of thiazole rings is 1. The standard InChI is InChI=1S/C22H18Cl2N2O4S/c1-14(27)26(18-8-3-4-9-19(18)29-2)22-25-16(13-31-22)12-30-20(28)11-10-15-6-5-7-17(23)21(15)24/h3-11,13H,12H2,1-2H3/b11-10+. The maximum atomic E-state index is 12.3. The number of hydrogen-bond donors (Lipinski definition) is 0. The Morgan fingerprint density at radius 3 is 2.68 bits per heavy atom. The van der Waals surface area contributed by atoms with E-state index >= 15 is 0 Å². The van der Waals surface area contributed by atoms with E-state index in [4.69, 9.17) is 32.7 Å². The van der Waals surface area contributed by atoms with Crippen LogP contribution in [0.15, 0.2) is 53.9 Å². The zero-order chi connectivity index (χ0) is 22.4. The molecule has 0 radical (unpaired) electrons. The average molecular weight is 477 g/mol. The second kappa shape index (κ2) is 10.4. The number of ether oxygens (including phenoxy) is 2. The molecule has 3 rings (SSSR count). The molecule has 0 aliphatic heterocycles. The summed E-state index contributed by atoms with van der Waals surface area (Å²) in [6, 6.07) is 12.3. The fraction of sp³-hybridized carbons (Fsp3) is 0.136. The number of rotatable bonds is 7. The Morgan fingerprint density at radius 2 is 1.94 bits per heavy atom. The summed E-state index contributed by atoms with van der Waals surface area (Å²) in [6.45, 7) is 1.40. The molecule has 2 aromatic carbocycles. The SMILES string of the molecule is COc1ccccc1N(C(C)=O)c1nc(COC(=O)/C=C/c2cccc(Cl)c2Cl)cs1. The molecular weight excluding hydrogens is 459 g/mol. The lowest BCUT2D eigenvalue weighted by molar-refractivity contribution is -0.139. The second-order valence-corrected chi connectivity index (χ2v) is 7.85. The van der Waals surface area contributed by atoms with Crippen molar-refractivity contribution in [2.45, 2.75) is 13.5 Å². The molecule has 0 aliphatic carbocycles. The van der Waals surface area contributed by atoms with Crippen LogP contribution >= 0.6 is 34.5 Å². The maximum Gasteiger partial charge on any atom is 0.331 e. The van der Waals surface area contributed by atoms with E-state index in [1.54, 1.807) is 35.7 Å². The first kappa shape index (κ1) is 22.8. The van der Waals surface area contributed by atoms with Gasteiger partial charge in [-0.2, -0.15) is 0 Å². The molecule has 31 heavy (non-hydrogen) atoms. The molecule has 0 aliphatic rings. The molecule has 0 spiro atoms. The van der Waals surface area contributed by atoms with Gasteiger partial charge in [0, 0.05) is 18.4 Å². The Hall–Kier alpha value is -2.87. The number of para-hydroxylation sites is 2. The molecule has 9 heteroatoms. The van der Waals surface area contributed by atoms with Crippen molar-refractivity contribution in [3.05, 3.63) is 75.2 Å². The minimum atomic E-state index is -0.557. The van der Waals surface area contributed by atoms with Gasteiger partial charge in [-0.05, 0) is 29.8 Å². The van der Waals surface area contributed by atoms with Crippen LogP contribution in [0.2, 0.25) is 10.0 Å². The van der Waals surface area contributed by atoms with E-state index in [0.29, 0.717) is 37.9 Å². The zero-order valence-electron chi connectivity index (χ0n) is 16.7. The minimum absolute atomic E-state index is 0.0411. The van der Waals surface area contributed by atoms with Crippen LogP contribution in [0.4, 0.5) is 10.8 Å². The van der Waals surface area contributed by atoms with Crippen molar-refractivity contribution in [3.8, 4) is 5.75 Å². The number of methoxy groups -OCH3 is 1. The molecule has 6 nitrogen and oxygen atoms in total.